The number of rotatable bonds is 5. The molecule has 0 aromatic carbocycles. The van der Waals surface area contributed by atoms with Gasteiger partial charge in [-0.1, -0.05) is 0 Å². The molecule has 0 unspecified atom stereocenters. The predicted molar refractivity (Wildman–Crippen MR) is 93.0 cm³/mol. The first-order valence-electron chi connectivity index (χ1n) is 7.48. The molecular weight excluding hydrogens is 346 g/mol. The van der Waals surface area contributed by atoms with Gasteiger partial charge in [-0.25, -0.2) is 9.97 Å². The number of nitrogens with one attached hydrogen (secondary N) is 1. The molecule has 0 radical (unpaired) electrons. The molecule has 2 aromatic heterocycles. The zero-order valence-corrected chi connectivity index (χ0v) is 13.5. The molecule has 13 nitrogen and oxygen atoms in total. The zero-order chi connectivity index (χ0) is 19.0. The van der Waals surface area contributed by atoms with Crippen molar-refractivity contribution in [2.75, 3.05) is 17.8 Å². The van der Waals surface area contributed by atoms with E-state index < -0.39 is 31.1 Å². The van der Waals surface area contributed by atoms with Gasteiger partial charge >= 0.3 is 0 Å². The maximum atomic E-state index is 10.4. The summed E-state index contributed by atoms with van der Waals surface area (Å²) < 4.78 is 6.95. The van der Waals surface area contributed by atoms with Gasteiger partial charge in [0.05, 0.1) is 17.6 Å². The van der Waals surface area contributed by atoms with E-state index in [-0.39, 0.29) is 28.7 Å². The fraction of sp³-hybridized carbons (Fsp3) is 0.385. The lowest BCUT2D eigenvalue weighted by atomic mass is 10.1. The first-order valence-corrected chi connectivity index (χ1v) is 7.48. The number of amidine groups is 1. The normalized spacial score (nSPS) is 26.3. The molecule has 1 saturated heterocycles. The number of hydrogen-bond donors (Lipinski definition) is 7. The summed E-state index contributed by atoms with van der Waals surface area (Å²) in [6.45, 7) is 2.87. The van der Waals surface area contributed by atoms with Crippen molar-refractivity contribution >= 4 is 35.2 Å². The van der Waals surface area contributed by atoms with Crippen LogP contribution in [0.5, 0.6) is 0 Å². The third kappa shape index (κ3) is 2.50. The van der Waals surface area contributed by atoms with Crippen LogP contribution in [-0.2, 0) is 4.74 Å². The fourth-order valence-corrected chi connectivity index (χ4v) is 3.00. The smallest absolute Gasteiger partial charge is 0.166 e. The number of aromatic nitrogens is 3. The first-order chi connectivity index (χ1) is 12.5. The van der Waals surface area contributed by atoms with Crippen molar-refractivity contribution in [2.45, 2.75) is 24.5 Å². The van der Waals surface area contributed by atoms with Crippen molar-refractivity contribution in [3.8, 4) is 0 Å². The minimum atomic E-state index is -1.38. The number of nitrogen functional groups attached to an aromatic ring is 1. The van der Waals surface area contributed by atoms with E-state index in [1.165, 1.54) is 10.9 Å². The summed E-state index contributed by atoms with van der Waals surface area (Å²) in [5, 5.41) is 37.2. The molecule has 10 N–H and O–H groups in total. The summed E-state index contributed by atoms with van der Waals surface area (Å²) in [7, 11) is 0. The summed E-state index contributed by atoms with van der Waals surface area (Å²) in [5.74, 6) is 5.45. The maximum absolute atomic E-state index is 10.4. The molecule has 0 amide bonds. The number of hydrazone groups is 2. The van der Waals surface area contributed by atoms with E-state index >= 15 is 0 Å². The highest BCUT2D eigenvalue weighted by Gasteiger charge is 2.45. The monoisotopic (exact) mass is 365 g/mol. The fourth-order valence-electron chi connectivity index (χ4n) is 3.00. The van der Waals surface area contributed by atoms with E-state index in [2.05, 4.69) is 32.3 Å². The summed E-state index contributed by atoms with van der Waals surface area (Å²) in [6.07, 6.45) is -3.63. The quantitative estimate of drug-likeness (QED) is 0.125. The molecule has 0 bridgehead atoms. The van der Waals surface area contributed by atoms with Gasteiger partial charge in [-0.05, 0) is 0 Å². The van der Waals surface area contributed by atoms with E-state index in [1.54, 1.807) is 0 Å². The molecule has 140 valence electrons. The van der Waals surface area contributed by atoms with Crippen LogP contribution in [-0.4, -0.2) is 67.3 Å². The van der Waals surface area contributed by atoms with Gasteiger partial charge in [-0.2, -0.15) is 10.2 Å². The third-order valence-corrected chi connectivity index (χ3v) is 4.16. The van der Waals surface area contributed by atoms with Gasteiger partial charge in [0.1, 0.15) is 41.9 Å². The number of hydrogen-bond acceptors (Lipinski definition) is 11. The zero-order valence-electron chi connectivity index (χ0n) is 13.5. The summed E-state index contributed by atoms with van der Waals surface area (Å²) >= 11 is 0. The number of fused-ring (bicyclic) bond motifs is 1. The van der Waals surface area contributed by atoms with Crippen LogP contribution in [0, 0.1) is 0 Å². The molecule has 0 spiro atoms. The Morgan fingerprint density at radius 1 is 1.38 bits per heavy atom. The number of aliphatic hydroxyl groups is 3. The molecule has 1 fully saturated rings. The molecule has 26 heavy (non-hydrogen) atoms. The minimum absolute atomic E-state index is 0.0780. The Labute approximate surface area is 146 Å². The maximum Gasteiger partial charge on any atom is 0.166 e. The van der Waals surface area contributed by atoms with Crippen LogP contribution >= 0.6 is 0 Å². The van der Waals surface area contributed by atoms with Crippen molar-refractivity contribution in [3.63, 3.8) is 0 Å². The Bertz CT molecular complexity index is 867. The number of nitrogens with zero attached hydrogens (tertiary/aromatic N) is 5. The Hall–Kier alpha value is -3.00. The van der Waals surface area contributed by atoms with Crippen LogP contribution in [0.15, 0.2) is 16.5 Å². The molecule has 1 aliphatic rings. The topological polar surface area (TPSA) is 215 Å². The molecular formula is C13H19N9O4. The van der Waals surface area contributed by atoms with E-state index in [4.69, 9.17) is 22.0 Å². The number of nitrogens with two attached hydrogens (primary N) is 3. The van der Waals surface area contributed by atoms with Gasteiger partial charge < -0.3 is 37.4 Å². The van der Waals surface area contributed by atoms with Gasteiger partial charge in [0.25, 0.3) is 0 Å². The van der Waals surface area contributed by atoms with Gasteiger partial charge in [-0.3, -0.25) is 9.99 Å². The SMILES string of the molecule is C=NNc1c(C(N)=NN)c2c(N)ncnc2n1[C@@H]1O[C@H](CO)[C@@H](O)[C@H]1O. The molecule has 13 heteroatoms. The second-order valence-electron chi connectivity index (χ2n) is 5.56. The lowest BCUT2D eigenvalue weighted by molar-refractivity contribution is -0.0499. The van der Waals surface area contributed by atoms with Crippen LogP contribution in [0.2, 0.25) is 0 Å². The average molecular weight is 365 g/mol. The van der Waals surface area contributed by atoms with Crippen molar-refractivity contribution in [2.24, 2.45) is 21.8 Å². The van der Waals surface area contributed by atoms with Crippen molar-refractivity contribution < 1.29 is 20.1 Å². The van der Waals surface area contributed by atoms with Crippen LogP contribution in [0.1, 0.15) is 11.8 Å². The highest BCUT2D eigenvalue weighted by Crippen LogP contribution is 2.39. The molecule has 4 atom stereocenters. The molecule has 2 aromatic rings. The second kappa shape index (κ2) is 6.72. The van der Waals surface area contributed by atoms with E-state index in [9.17, 15) is 15.3 Å². The Morgan fingerprint density at radius 2 is 2.12 bits per heavy atom. The van der Waals surface area contributed by atoms with E-state index in [1.807, 2.05) is 0 Å². The Kier molecular flexibility index (Phi) is 4.60. The third-order valence-electron chi connectivity index (χ3n) is 4.16. The first kappa shape index (κ1) is 17.8. The van der Waals surface area contributed by atoms with Crippen LogP contribution in [0.4, 0.5) is 11.6 Å². The molecule has 1 aliphatic heterocycles. The lowest BCUT2D eigenvalue weighted by Crippen LogP contribution is -2.33. The second-order valence-corrected chi connectivity index (χ2v) is 5.56. The summed E-state index contributed by atoms with van der Waals surface area (Å²) in [5.41, 5.74) is 14.9. The van der Waals surface area contributed by atoms with Crippen LogP contribution < -0.4 is 22.7 Å². The summed E-state index contributed by atoms with van der Waals surface area (Å²) in [6, 6.07) is 0. The Balaban J connectivity index is 2.33. The molecule has 3 heterocycles. The highest BCUT2D eigenvalue weighted by molar-refractivity contribution is 6.15. The summed E-state index contributed by atoms with van der Waals surface area (Å²) in [4.78, 5) is 8.09. The van der Waals surface area contributed by atoms with Gasteiger partial charge in [0, 0.05) is 6.72 Å². The standard InChI is InChI=1S/C13H19N9O4/c1-17-21-12-6(10(15)20-16)5-9(14)18-3-19-11(5)22(12)13-8(25)7(24)4(2-23)26-13/h3-4,7-8,13,21,23-25H,1-2,16H2,(H2,15,20)(H2,14,18,19)/t4-,7-,8-,13-/m1/s1. The molecule has 0 aliphatic carbocycles. The van der Waals surface area contributed by atoms with E-state index in [0.29, 0.717) is 5.39 Å². The average Bonchev–Trinajstić information content (AvgIpc) is 3.10. The van der Waals surface area contributed by atoms with Gasteiger partial charge in [0.15, 0.2) is 12.1 Å². The van der Waals surface area contributed by atoms with Crippen molar-refractivity contribution in [1.82, 2.24) is 14.5 Å². The molecule has 0 saturated carbocycles. The van der Waals surface area contributed by atoms with Crippen molar-refractivity contribution in [3.05, 3.63) is 11.9 Å². The molecule has 3 rings (SSSR count). The number of ether oxygens (including phenoxy) is 1. The van der Waals surface area contributed by atoms with Crippen molar-refractivity contribution in [1.29, 1.82) is 0 Å². The highest BCUT2D eigenvalue weighted by atomic mass is 16.6. The Morgan fingerprint density at radius 3 is 2.69 bits per heavy atom. The van der Waals surface area contributed by atoms with Crippen LogP contribution in [0.3, 0.4) is 0 Å². The van der Waals surface area contributed by atoms with E-state index in [0.717, 1.165) is 0 Å². The lowest BCUT2D eigenvalue weighted by Gasteiger charge is -2.20. The van der Waals surface area contributed by atoms with Gasteiger partial charge in [0.2, 0.25) is 0 Å². The number of anilines is 2. The largest absolute Gasteiger partial charge is 0.394 e. The predicted octanol–water partition coefficient (Wildman–Crippen LogP) is -2.77. The minimum Gasteiger partial charge on any atom is -0.394 e. The van der Waals surface area contributed by atoms with Crippen LogP contribution in [0.25, 0.3) is 11.0 Å². The van der Waals surface area contributed by atoms with Gasteiger partial charge in [-0.15, -0.1) is 0 Å². The number of aliphatic hydroxyl groups excluding tert-OH is 3.